The molecule has 1 amide bonds. The van der Waals surface area contributed by atoms with Gasteiger partial charge in [0.25, 0.3) is 5.91 Å². The van der Waals surface area contributed by atoms with Crippen LogP contribution >= 0.6 is 22.6 Å². The molecule has 134 valence electrons. The molecule has 0 bridgehead atoms. The summed E-state index contributed by atoms with van der Waals surface area (Å²) in [4.78, 5) is 12.6. The number of amides is 1. The number of halogens is 1. The highest BCUT2D eigenvalue weighted by Crippen LogP contribution is 2.21. The standard InChI is InChI=1S/C18H21IN2O3S/c1-4-21(5-2)25(23,24)16-8-6-7-15(12-16)20-18(22)14-10-9-13(3)17(19)11-14/h6-12H,4-5H2,1-3H3,(H,20,22). The molecule has 0 saturated carbocycles. The number of hydrogen-bond donors (Lipinski definition) is 1. The maximum Gasteiger partial charge on any atom is 0.255 e. The largest absolute Gasteiger partial charge is 0.322 e. The number of nitrogens with zero attached hydrogens (tertiary/aromatic N) is 1. The molecule has 2 aromatic carbocycles. The van der Waals surface area contributed by atoms with Gasteiger partial charge < -0.3 is 5.32 Å². The Morgan fingerprint density at radius 1 is 1.12 bits per heavy atom. The molecule has 25 heavy (non-hydrogen) atoms. The first-order chi connectivity index (χ1) is 11.8. The molecule has 0 spiro atoms. The van der Waals surface area contributed by atoms with Crippen molar-refractivity contribution in [3.05, 3.63) is 57.2 Å². The van der Waals surface area contributed by atoms with Crippen LogP contribution in [0.5, 0.6) is 0 Å². The van der Waals surface area contributed by atoms with E-state index < -0.39 is 10.0 Å². The van der Waals surface area contributed by atoms with Crippen molar-refractivity contribution in [2.75, 3.05) is 18.4 Å². The molecule has 0 aliphatic heterocycles. The summed E-state index contributed by atoms with van der Waals surface area (Å²) >= 11 is 2.18. The van der Waals surface area contributed by atoms with Crippen LogP contribution in [0.2, 0.25) is 0 Å². The molecule has 1 N–H and O–H groups in total. The molecule has 0 heterocycles. The molecule has 0 aliphatic rings. The normalized spacial score (nSPS) is 11.6. The van der Waals surface area contributed by atoms with Crippen molar-refractivity contribution in [3.8, 4) is 0 Å². The van der Waals surface area contributed by atoms with Crippen molar-refractivity contribution in [1.82, 2.24) is 4.31 Å². The van der Waals surface area contributed by atoms with Gasteiger partial charge in [-0.25, -0.2) is 8.42 Å². The zero-order valence-corrected chi connectivity index (χ0v) is 17.4. The van der Waals surface area contributed by atoms with Crippen LogP contribution in [-0.2, 0) is 10.0 Å². The fourth-order valence-electron chi connectivity index (χ4n) is 2.38. The fraction of sp³-hybridized carbons (Fsp3) is 0.278. The van der Waals surface area contributed by atoms with E-state index >= 15 is 0 Å². The third-order valence-corrected chi connectivity index (χ3v) is 7.08. The van der Waals surface area contributed by atoms with E-state index in [2.05, 4.69) is 27.9 Å². The molecule has 0 radical (unpaired) electrons. The van der Waals surface area contributed by atoms with Gasteiger partial charge in [-0.1, -0.05) is 26.0 Å². The molecule has 0 aromatic heterocycles. The van der Waals surface area contributed by atoms with Gasteiger partial charge >= 0.3 is 0 Å². The minimum atomic E-state index is -3.56. The van der Waals surface area contributed by atoms with E-state index in [1.54, 1.807) is 32.0 Å². The first-order valence-electron chi connectivity index (χ1n) is 7.97. The third-order valence-electron chi connectivity index (χ3n) is 3.87. The number of sulfonamides is 1. The molecule has 0 fully saturated rings. The Morgan fingerprint density at radius 2 is 1.80 bits per heavy atom. The SMILES string of the molecule is CCN(CC)S(=O)(=O)c1cccc(NC(=O)c2ccc(C)c(I)c2)c1. The monoisotopic (exact) mass is 472 g/mol. The quantitative estimate of drug-likeness (QED) is 0.649. The number of nitrogens with one attached hydrogen (secondary N) is 1. The number of carbonyl (C=O) groups excluding carboxylic acids is 1. The third kappa shape index (κ3) is 4.59. The number of rotatable bonds is 6. The second-order valence-electron chi connectivity index (χ2n) is 5.54. The van der Waals surface area contributed by atoms with E-state index in [-0.39, 0.29) is 10.8 Å². The number of hydrogen-bond acceptors (Lipinski definition) is 3. The Labute approximate surface area is 162 Å². The Morgan fingerprint density at radius 3 is 2.40 bits per heavy atom. The van der Waals surface area contributed by atoms with Crippen LogP contribution in [0.15, 0.2) is 47.4 Å². The van der Waals surface area contributed by atoms with Gasteiger partial charge in [0.2, 0.25) is 10.0 Å². The van der Waals surface area contributed by atoms with E-state index in [9.17, 15) is 13.2 Å². The Bertz CT molecular complexity index is 878. The maximum atomic E-state index is 12.6. The van der Waals surface area contributed by atoms with Gasteiger partial charge in [-0.3, -0.25) is 4.79 Å². The van der Waals surface area contributed by atoms with E-state index in [0.29, 0.717) is 24.3 Å². The van der Waals surface area contributed by atoms with Gasteiger partial charge in [0, 0.05) is 27.9 Å². The van der Waals surface area contributed by atoms with Crippen LogP contribution in [0.1, 0.15) is 29.8 Å². The smallest absolute Gasteiger partial charge is 0.255 e. The van der Waals surface area contributed by atoms with Crippen LogP contribution < -0.4 is 5.32 Å². The highest BCUT2D eigenvalue weighted by molar-refractivity contribution is 14.1. The minimum Gasteiger partial charge on any atom is -0.322 e. The molecule has 7 heteroatoms. The molecule has 0 unspecified atom stereocenters. The summed E-state index contributed by atoms with van der Waals surface area (Å²) in [6, 6.07) is 11.8. The van der Waals surface area contributed by atoms with Crippen molar-refractivity contribution in [1.29, 1.82) is 0 Å². The zero-order chi connectivity index (χ0) is 18.6. The average molecular weight is 472 g/mol. The Hall–Kier alpha value is -1.45. The summed E-state index contributed by atoms with van der Waals surface area (Å²) in [6.07, 6.45) is 0. The van der Waals surface area contributed by atoms with Crippen molar-refractivity contribution in [3.63, 3.8) is 0 Å². The van der Waals surface area contributed by atoms with Crippen LogP contribution in [0, 0.1) is 10.5 Å². The topological polar surface area (TPSA) is 66.5 Å². The van der Waals surface area contributed by atoms with E-state index in [0.717, 1.165) is 9.13 Å². The Kier molecular flexibility index (Phi) is 6.59. The van der Waals surface area contributed by atoms with E-state index in [4.69, 9.17) is 0 Å². The van der Waals surface area contributed by atoms with Gasteiger partial charge in [0.1, 0.15) is 0 Å². The predicted octanol–water partition coefficient (Wildman–Crippen LogP) is 3.88. The van der Waals surface area contributed by atoms with Crippen LogP contribution in [0.25, 0.3) is 0 Å². The molecule has 0 saturated heterocycles. The van der Waals surface area contributed by atoms with Crippen molar-refractivity contribution >= 4 is 44.2 Å². The summed E-state index contributed by atoms with van der Waals surface area (Å²) in [7, 11) is -3.56. The van der Waals surface area contributed by atoms with Crippen molar-refractivity contribution in [2.24, 2.45) is 0 Å². The predicted molar refractivity (Wildman–Crippen MR) is 108 cm³/mol. The maximum absolute atomic E-state index is 12.6. The Balaban J connectivity index is 2.27. The second-order valence-corrected chi connectivity index (χ2v) is 8.64. The van der Waals surface area contributed by atoms with Gasteiger partial charge in [-0.2, -0.15) is 4.31 Å². The van der Waals surface area contributed by atoms with Crippen LogP contribution in [0.3, 0.4) is 0 Å². The van der Waals surface area contributed by atoms with Gasteiger partial charge in [-0.15, -0.1) is 0 Å². The first kappa shape index (κ1) is 19.9. The first-order valence-corrected chi connectivity index (χ1v) is 10.5. The molecule has 0 atom stereocenters. The molecule has 2 rings (SSSR count). The summed E-state index contributed by atoms with van der Waals surface area (Å²) in [5.41, 5.74) is 2.09. The number of carbonyl (C=O) groups is 1. The number of anilines is 1. The highest BCUT2D eigenvalue weighted by Gasteiger charge is 2.22. The van der Waals surface area contributed by atoms with Crippen LogP contribution in [-0.4, -0.2) is 31.7 Å². The summed E-state index contributed by atoms with van der Waals surface area (Å²) in [5, 5.41) is 2.77. The molecular formula is C18H21IN2O3S. The van der Waals surface area contributed by atoms with Gasteiger partial charge in [-0.05, 0) is 65.4 Å². The molecular weight excluding hydrogens is 451 g/mol. The van der Waals surface area contributed by atoms with Crippen LogP contribution in [0.4, 0.5) is 5.69 Å². The average Bonchev–Trinajstić information content (AvgIpc) is 2.58. The molecule has 5 nitrogen and oxygen atoms in total. The molecule has 0 aliphatic carbocycles. The molecule has 2 aromatic rings. The van der Waals surface area contributed by atoms with Crippen molar-refractivity contribution < 1.29 is 13.2 Å². The van der Waals surface area contributed by atoms with Crippen molar-refractivity contribution in [2.45, 2.75) is 25.7 Å². The lowest BCUT2D eigenvalue weighted by Crippen LogP contribution is -2.30. The lowest BCUT2D eigenvalue weighted by molar-refractivity contribution is 0.102. The van der Waals surface area contributed by atoms with Gasteiger partial charge in [0.05, 0.1) is 4.90 Å². The van der Waals surface area contributed by atoms with E-state index in [1.807, 2.05) is 19.1 Å². The zero-order valence-electron chi connectivity index (χ0n) is 14.4. The highest BCUT2D eigenvalue weighted by atomic mass is 127. The summed E-state index contributed by atoms with van der Waals surface area (Å²) in [6.45, 7) is 6.37. The minimum absolute atomic E-state index is 0.174. The lowest BCUT2D eigenvalue weighted by Gasteiger charge is -2.18. The number of aryl methyl sites for hydroxylation is 1. The summed E-state index contributed by atoms with van der Waals surface area (Å²) < 4.78 is 27.6. The fourth-order valence-corrected chi connectivity index (χ4v) is 4.40. The lowest BCUT2D eigenvalue weighted by atomic mass is 10.1. The summed E-state index contributed by atoms with van der Waals surface area (Å²) in [5.74, 6) is -0.268. The second kappa shape index (κ2) is 8.29. The van der Waals surface area contributed by atoms with E-state index in [1.165, 1.54) is 16.4 Å². The van der Waals surface area contributed by atoms with Gasteiger partial charge in [0.15, 0.2) is 0 Å². The number of benzene rings is 2.